The molecule has 0 fully saturated rings. The molecule has 1 rings (SSSR count). The Morgan fingerprint density at radius 2 is 2.11 bits per heavy atom. The van der Waals surface area contributed by atoms with Crippen molar-refractivity contribution in [3.8, 4) is 0 Å². The third-order valence-electron chi connectivity index (χ3n) is 3.49. The summed E-state index contributed by atoms with van der Waals surface area (Å²) in [7, 11) is 0. The molecular formula is C15H26BrNS. The van der Waals surface area contributed by atoms with Gasteiger partial charge < -0.3 is 5.32 Å². The van der Waals surface area contributed by atoms with E-state index in [1.54, 1.807) is 0 Å². The van der Waals surface area contributed by atoms with E-state index in [0.717, 1.165) is 12.5 Å². The molecule has 0 amide bonds. The number of halogens is 1. The van der Waals surface area contributed by atoms with Gasteiger partial charge in [0.1, 0.15) is 0 Å². The number of hydrogen-bond acceptors (Lipinski definition) is 2. The number of nitrogens with one attached hydrogen (secondary N) is 1. The lowest BCUT2D eigenvalue weighted by molar-refractivity contribution is 0.359. The summed E-state index contributed by atoms with van der Waals surface area (Å²) in [6.45, 7) is 7.85. The van der Waals surface area contributed by atoms with E-state index in [1.807, 2.05) is 11.3 Å². The van der Waals surface area contributed by atoms with E-state index in [1.165, 1.54) is 41.5 Å². The molecule has 2 atom stereocenters. The van der Waals surface area contributed by atoms with Crippen LogP contribution < -0.4 is 5.32 Å². The third-order valence-corrected chi connectivity index (χ3v) is 5.30. The SMILES string of the molecule is CCCCC(CC)CC(NCC)c1cc(Br)cs1. The Morgan fingerprint density at radius 1 is 1.33 bits per heavy atom. The van der Waals surface area contributed by atoms with Crippen LogP contribution in [0.5, 0.6) is 0 Å². The predicted octanol–water partition coefficient (Wildman–Crippen LogP) is 5.77. The van der Waals surface area contributed by atoms with Crippen LogP contribution in [0.1, 0.15) is 63.8 Å². The molecule has 0 aliphatic rings. The van der Waals surface area contributed by atoms with Crippen LogP contribution in [0.3, 0.4) is 0 Å². The van der Waals surface area contributed by atoms with Gasteiger partial charge in [0.15, 0.2) is 0 Å². The van der Waals surface area contributed by atoms with Crippen molar-refractivity contribution in [2.24, 2.45) is 5.92 Å². The molecule has 2 unspecified atom stereocenters. The molecule has 0 spiro atoms. The zero-order chi connectivity index (χ0) is 13.4. The first-order valence-corrected chi connectivity index (χ1v) is 8.85. The Labute approximate surface area is 125 Å². The van der Waals surface area contributed by atoms with Crippen LogP contribution in [0.2, 0.25) is 0 Å². The highest BCUT2D eigenvalue weighted by Crippen LogP contribution is 2.31. The van der Waals surface area contributed by atoms with Crippen LogP contribution >= 0.6 is 27.3 Å². The average molecular weight is 332 g/mol. The second kappa shape index (κ2) is 9.11. The smallest absolute Gasteiger partial charge is 0.0417 e. The van der Waals surface area contributed by atoms with Gasteiger partial charge in [0, 0.05) is 20.8 Å². The molecule has 0 saturated carbocycles. The van der Waals surface area contributed by atoms with Gasteiger partial charge in [0.25, 0.3) is 0 Å². The Morgan fingerprint density at radius 3 is 2.61 bits per heavy atom. The van der Waals surface area contributed by atoms with Crippen LogP contribution in [0.15, 0.2) is 15.9 Å². The summed E-state index contributed by atoms with van der Waals surface area (Å²) < 4.78 is 1.21. The summed E-state index contributed by atoms with van der Waals surface area (Å²) in [5, 5.41) is 5.83. The number of rotatable bonds is 9. The van der Waals surface area contributed by atoms with Gasteiger partial charge in [-0.15, -0.1) is 11.3 Å². The Kier molecular flexibility index (Phi) is 8.20. The van der Waals surface area contributed by atoms with E-state index in [9.17, 15) is 0 Å². The molecule has 0 radical (unpaired) electrons. The normalized spacial score (nSPS) is 14.7. The van der Waals surface area contributed by atoms with Gasteiger partial charge in [0.05, 0.1) is 0 Å². The summed E-state index contributed by atoms with van der Waals surface area (Å²) in [6, 6.07) is 2.80. The number of unbranched alkanes of at least 4 members (excludes halogenated alkanes) is 1. The zero-order valence-electron chi connectivity index (χ0n) is 11.8. The van der Waals surface area contributed by atoms with Gasteiger partial charge in [-0.1, -0.05) is 46.5 Å². The standard InChI is InChI=1S/C15H26BrNS/c1-4-7-8-12(5-2)9-14(17-6-3)15-10-13(16)11-18-15/h10-12,14,17H,4-9H2,1-3H3. The number of hydrogen-bond donors (Lipinski definition) is 1. The van der Waals surface area contributed by atoms with Crippen LogP contribution in [0.25, 0.3) is 0 Å². The molecule has 1 aromatic heterocycles. The molecule has 0 bridgehead atoms. The van der Waals surface area contributed by atoms with Crippen LogP contribution in [0, 0.1) is 5.92 Å². The van der Waals surface area contributed by atoms with Crippen LogP contribution in [0.4, 0.5) is 0 Å². The van der Waals surface area contributed by atoms with Crippen molar-refractivity contribution < 1.29 is 0 Å². The molecule has 0 saturated heterocycles. The van der Waals surface area contributed by atoms with Crippen molar-refractivity contribution in [3.63, 3.8) is 0 Å². The first kappa shape index (κ1) is 16.2. The van der Waals surface area contributed by atoms with Gasteiger partial charge in [0.2, 0.25) is 0 Å². The maximum atomic E-state index is 3.64. The van der Waals surface area contributed by atoms with Crippen molar-refractivity contribution in [3.05, 3.63) is 20.8 Å². The van der Waals surface area contributed by atoms with Gasteiger partial charge in [-0.2, -0.15) is 0 Å². The minimum atomic E-state index is 0.535. The van der Waals surface area contributed by atoms with E-state index in [0.29, 0.717) is 6.04 Å². The summed E-state index contributed by atoms with van der Waals surface area (Å²) in [5.74, 6) is 0.856. The first-order valence-electron chi connectivity index (χ1n) is 7.18. The van der Waals surface area contributed by atoms with Gasteiger partial charge in [-0.25, -0.2) is 0 Å². The lowest BCUT2D eigenvalue weighted by Gasteiger charge is -2.22. The lowest BCUT2D eigenvalue weighted by Crippen LogP contribution is -2.22. The Balaban J connectivity index is 2.60. The highest BCUT2D eigenvalue weighted by atomic mass is 79.9. The third kappa shape index (κ3) is 5.41. The van der Waals surface area contributed by atoms with Crippen molar-refractivity contribution in [1.29, 1.82) is 0 Å². The zero-order valence-corrected chi connectivity index (χ0v) is 14.2. The van der Waals surface area contributed by atoms with Gasteiger partial charge >= 0.3 is 0 Å². The summed E-state index contributed by atoms with van der Waals surface area (Å²) in [6.07, 6.45) is 6.63. The maximum absolute atomic E-state index is 3.64. The molecule has 18 heavy (non-hydrogen) atoms. The minimum absolute atomic E-state index is 0.535. The Bertz CT molecular complexity index is 324. The molecule has 3 heteroatoms. The van der Waals surface area contributed by atoms with Crippen molar-refractivity contribution in [1.82, 2.24) is 5.32 Å². The highest BCUT2D eigenvalue weighted by Gasteiger charge is 2.17. The van der Waals surface area contributed by atoms with E-state index in [2.05, 4.69) is 53.5 Å². The summed E-state index contributed by atoms with van der Waals surface area (Å²) in [5.41, 5.74) is 0. The van der Waals surface area contributed by atoms with Crippen LogP contribution in [-0.2, 0) is 0 Å². The summed E-state index contributed by atoms with van der Waals surface area (Å²) >= 11 is 5.42. The van der Waals surface area contributed by atoms with E-state index < -0.39 is 0 Å². The van der Waals surface area contributed by atoms with Crippen molar-refractivity contribution in [2.45, 2.75) is 58.9 Å². The monoisotopic (exact) mass is 331 g/mol. The molecule has 1 nitrogen and oxygen atoms in total. The van der Waals surface area contributed by atoms with Crippen LogP contribution in [-0.4, -0.2) is 6.54 Å². The van der Waals surface area contributed by atoms with Gasteiger partial charge in [-0.3, -0.25) is 0 Å². The van der Waals surface area contributed by atoms with E-state index in [-0.39, 0.29) is 0 Å². The second-order valence-corrected chi connectivity index (χ2v) is 6.79. The second-order valence-electron chi connectivity index (χ2n) is 4.93. The maximum Gasteiger partial charge on any atom is 0.0417 e. The predicted molar refractivity (Wildman–Crippen MR) is 86.4 cm³/mol. The van der Waals surface area contributed by atoms with Gasteiger partial charge in [-0.05, 0) is 40.9 Å². The Hall–Kier alpha value is 0.140. The first-order chi connectivity index (χ1) is 8.71. The minimum Gasteiger partial charge on any atom is -0.310 e. The van der Waals surface area contributed by atoms with E-state index >= 15 is 0 Å². The molecule has 1 heterocycles. The molecular weight excluding hydrogens is 306 g/mol. The topological polar surface area (TPSA) is 12.0 Å². The summed E-state index contributed by atoms with van der Waals surface area (Å²) in [4.78, 5) is 1.47. The molecule has 0 aliphatic heterocycles. The van der Waals surface area contributed by atoms with Crippen molar-refractivity contribution in [2.75, 3.05) is 6.54 Å². The number of thiophene rings is 1. The largest absolute Gasteiger partial charge is 0.310 e. The molecule has 104 valence electrons. The average Bonchev–Trinajstić information content (AvgIpc) is 2.80. The quantitative estimate of drug-likeness (QED) is 0.605. The fourth-order valence-electron chi connectivity index (χ4n) is 2.37. The molecule has 1 N–H and O–H groups in total. The molecule has 0 aliphatic carbocycles. The molecule has 0 aromatic carbocycles. The highest BCUT2D eigenvalue weighted by molar-refractivity contribution is 9.10. The fraction of sp³-hybridized carbons (Fsp3) is 0.733. The lowest BCUT2D eigenvalue weighted by atomic mass is 9.91. The van der Waals surface area contributed by atoms with E-state index in [4.69, 9.17) is 0 Å². The fourth-order valence-corrected chi connectivity index (χ4v) is 3.91. The molecule has 1 aromatic rings. The van der Waals surface area contributed by atoms with Crippen molar-refractivity contribution >= 4 is 27.3 Å².